The van der Waals surface area contributed by atoms with E-state index in [1.807, 2.05) is 0 Å². The first-order chi connectivity index (χ1) is 8.67. The number of nitrogens with zero attached hydrogens (tertiary/aromatic N) is 1. The molecule has 1 fully saturated rings. The summed E-state index contributed by atoms with van der Waals surface area (Å²) in [5.74, 6) is 0.00596. The second-order valence-electron chi connectivity index (χ2n) is 4.27. The molecule has 1 N–H and O–H groups in total. The van der Waals surface area contributed by atoms with E-state index in [0.29, 0.717) is 32.7 Å². The van der Waals surface area contributed by atoms with Crippen LogP contribution < -0.4 is 5.32 Å². The van der Waals surface area contributed by atoms with Gasteiger partial charge in [0.15, 0.2) is 0 Å². The standard InChI is InChI=1S/C12H22N2O4/c1-3-18-12(16)14-7-4-10(5-8-14)13-11(15)6-9-17-2/h10H,3-9H2,1-2H3,(H,13,15). The van der Waals surface area contributed by atoms with Gasteiger partial charge in [-0.05, 0) is 19.8 Å². The van der Waals surface area contributed by atoms with Crippen molar-refractivity contribution in [2.24, 2.45) is 0 Å². The molecule has 0 aromatic carbocycles. The lowest BCUT2D eigenvalue weighted by molar-refractivity contribution is -0.122. The largest absolute Gasteiger partial charge is 0.450 e. The summed E-state index contributed by atoms with van der Waals surface area (Å²) < 4.78 is 9.78. The Morgan fingerprint density at radius 3 is 2.56 bits per heavy atom. The molecule has 0 aromatic rings. The van der Waals surface area contributed by atoms with E-state index in [0.717, 1.165) is 12.8 Å². The molecule has 0 radical (unpaired) electrons. The van der Waals surface area contributed by atoms with Crippen molar-refractivity contribution < 1.29 is 19.1 Å². The van der Waals surface area contributed by atoms with Crippen molar-refractivity contribution in [1.82, 2.24) is 10.2 Å². The van der Waals surface area contributed by atoms with Gasteiger partial charge in [-0.2, -0.15) is 0 Å². The van der Waals surface area contributed by atoms with Crippen molar-refractivity contribution in [3.63, 3.8) is 0 Å². The van der Waals surface area contributed by atoms with Crippen molar-refractivity contribution >= 4 is 12.0 Å². The summed E-state index contributed by atoms with van der Waals surface area (Å²) in [6.45, 7) is 3.89. The van der Waals surface area contributed by atoms with Crippen LogP contribution >= 0.6 is 0 Å². The molecule has 0 spiro atoms. The summed E-state index contributed by atoms with van der Waals surface area (Å²) in [6, 6.07) is 0.153. The first-order valence-electron chi connectivity index (χ1n) is 6.37. The molecule has 1 rings (SSSR count). The molecule has 1 saturated heterocycles. The lowest BCUT2D eigenvalue weighted by Gasteiger charge is -2.31. The number of hydrogen-bond donors (Lipinski definition) is 1. The number of hydrogen-bond acceptors (Lipinski definition) is 4. The normalized spacial score (nSPS) is 16.4. The number of amides is 2. The van der Waals surface area contributed by atoms with Crippen molar-refractivity contribution in [2.75, 3.05) is 33.4 Å². The Morgan fingerprint density at radius 1 is 1.33 bits per heavy atom. The minimum atomic E-state index is -0.262. The van der Waals surface area contributed by atoms with Gasteiger partial charge < -0.3 is 19.7 Å². The van der Waals surface area contributed by atoms with Gasteiger partial charge in [-0.15, -0.1) is 0 Å². The SMILES string of the molecule is CCOC(=O)N1CCC(NC(=O)CCOC)CC1. The van der Waals surface area contributed by atoms with Crippen molar-refractivity contribution in [1.29, 1.82) is 0 Å². The molecule has 104 valence electrons. The molecule has 0 saturated carbocycles. The summed E-state index contributed by atoms with van der Waals surface area (Å²) in [7, 11) is 1.57. The fourth-order valence-electron chi connectivity index (χ4n) is 1.92. The third kappa shape index (κ3) is 4.91. The Morgan fingerprint density at radius 2 is 2.00 bits per heavy atom. The maximum Gasteiger partial charge on any atom is 0.409 e. The monoisotopic (exact) mass is 258 g/mol. The van der Waals surface area contributed by atoms with Gasteiger partial charge in [-0.3, -0.25) is 4.79 Å². The van der Waals surface area contributed by atoms with Crippen LogP contribution in [-0.4, -0.2) is 56.4 Å². The van der Waals surface area contributed by atoms with Crippen molar-refractivity contribution in [2.45, 2.75) is 32.2 Å². The van der Waals surface area contributed by atoms with E-state index >= 15 is 0 Å². The zero-order chi connectivity index (χ0) is 13.4. The lowest BCUT2D eigenvalue weighted by atomic mass is 10.1. The predicted octanol–water partition coefficient (Wildman–Crippen LogP) is 0.760. The summed E-state index contributed by atoms with van der Waals surface area (Å²) >= 11 is 0. The fraction of sp³-hybridized carbons (Fsp3) is 0.833. The number of rotatable bonds is 5. The predicted molar refractivity (Wildman–Crippen MR) is 66.3 cm³/mol. The fourth-order valence-corrected chi connectivity index (χ4v) is 1.92. The van der Waals surface area contributed by atoms with Crippen molar-refractivity contribution in [3.8, 4) is 0 Å². The Bertz CT molecular complexity index is 275. The van der Waals surface area contributed by atoms with Crippen LogP contribution in [0.4, 0.5) is 4.79 Å². The smallest absolute Gasteiger partial charge is 0.409 e. The lowest BCUT2D eigenvalue weighted by Crippen LogP contribution is -2.46. The molecule has 6 nitrogen and oxygen atoms in total. The highest BCUT2D eigenvalue weighted by atomic mass is 16.6. The van der Waals surface area contributed by atoms with E-state index in [4.69, 9.17) is 9.47 Å². The van der Waals surface area contributed by atoms with E-state index in [-0.39, 0.29) is 18.0 Å². The highest BCUT2D eigenvalue weighted by molar-refractivity contribution is 5.76. The highest BCUT2D eigenvalue weighted by Gasteiger charge is 2.24. The van der Waals surface area contributed by atoms with Gasteiger partial charge in [0.2, 0.25) is 5.91 Å². The number of likely N-dealkylation sites (tertiary alicyclic amines) is 1. The second-order valence-corrected chi connectivity index (χ2v) is 4.27. The van der Waals surface area contributed by atoms with Gasteiger partial charge in [-0.1, -0.05) is 0 Å². The third-order valence-corrected chi connectivity index (χ3v) is 2.92. The molecule has 0 atom stereocenters. The van der Waals surface area contributed by atoms with E-state index in [1.165, 1.54) is 0 Å². The van der Waals surface area contributed by atoms with Gasteiger partial charge in [0.05, 0.1) is 13.2 Å². The minimum absolute atomic E-state index is 0.00596. The van der Waals surface area contributed by atoms with Crippen LogP contribution in [0, 0.1) is 0 Å². The van der Waals surface area contributed by atoms with Crippen molar-refractivity contribution in [3.05, 3.63) is 0 Å². The second kappa shape index (κ2) is 7.92. The summed E-state index contributed by atoms with van der Waals surface area (Å²) in [6.07, 6.45) is 1.67. The van der Waals surface area contributed by atoms with Crippen LogP contribution in [0.25, 0.3) is 0 Å². The molecule has 0 unspecified atom stereocenters. The molecular weight excluding hydrogens is 236 g/mol. The zero-order valence-corrected chi connectivity index (χ0v) is 11.1. The maximum atomic E-state index is 11.5. The van der Waals surface area contributed by atoms with Gasteiger partial charge in [0, 0.05) is 32.7 Å². The summed E-state index contributed by atoms with van der Waals surface area (Å²) in [5.41, 5.74) is 0. The molecule has 1 heterocycles. The maximum absolute atomic E-state index is 11.5. The molecule has 1 aliphatic heterocycles. The number of nitrogens with one attached hydrogen (secondary N) is 1. The van der Waals surface area contributed by atoms with Crippen LogP contribution in [0.3, 0.4) is 0 Å². The Kier molecular flexibility index (Phi) is 6.49. The van der Waals surface area contributed by atoms with E-state index < -0.39 is 0 Å². The zero-order valence-electron chi connectivity index (χ0n) is 11.1. The van der Waals surface area contributed by atoms with Crippen LogP contribution in [0.2, 0.25) is 0 Å². The first kappa shape index (κ1) is 14.8. The Balaban J connectivity index is 2.22. The molecular formula is C12H22N2O4. The topological polar surface area (TPSA) is 67.9 Å². The van der Waals surface area contributed by atoms with Gasteiger partial charge >= 0.3 is 6.09 Å². The number of methoxy groups -OCH3 is 1. The highest BCUT2D eigenvalue weighted by Crippen LogP contribution is 2.11. The van der Waals surface area contributed by atoms with Crippen LogP contribution in [-0.2, 0) is 14.3 Å². The van der Waals surface area contributed by atoms with Crippen LogP contribution in [0.1, 0.15) is 26.2 Å². The minimum Gasteiger partial charge on any atom is -0.450 e. The number of piperidine rings is 1. The van der Waals surface area contributed by atoms with E-state index in [9.17, 15) is 9.59 Å². The molecule has 0 aromatic heterocycles. The van der Waals surface area contributed by atoms with E-state index in [1.54, 1.807) is 18.9 Å². The molecule has 2 amide bonds. The Hall–Kier alpha value is -1.30. The molecule has 6 heteroatoms. The van der Waals surface area contributed by atoms with Crippen LogP contribution in [0.5, 0.6) is 0 Å². The summed E-state index contributed by atoms with van der Waals surface area (Å²) in [5, 5.41) is 2.95. The van der Waals surface area contributed by atoms with Crippen LogP contribution in [0.15, 0.2) is 0 Å². The van der Waals surface area contributed by atoms with E-state index in [2.05, 4.69) is 5.32 Å². The quantitative estimate of drug-likeness (QED) is 0.790. The van der Waals surface area contributed by atoms with Gasteiger partial charge in [0.25, 0.3) is 0 Å². The number of ether oxygens (including phenoxy) is 2. The average molecular weight is 258 g/mol. The van der Waals surface area contributed by atoms with Gasteiger partial charge in [0.1, 0.15) is 0 Å². The third-order valence-electron chi connectivity index (χ3n) is 2.92. The Labute approximate surface area is 108 Å². The van der Waals surface area contributed by atoms with Gasteiger partial charge in [-0.25, -0.2) is 4.79 Å². The summed E-state index contributed by atoms with van der Waals surface area (Å²) in [4.78, 5) is 24.6. The molecule has 0 aliphatic carbocycles. The first-order valence-corrected chi connectivity index (χ1v) is 6.37. The average Bonchev–Trinajstić information content (AvgIpc) is 2.37. The molecule has 0 bridgehead atoms. The number of carbonyl (C=O) groups is 2. The molecule has 18 heavy (non-hydrogen) atoms. The molecule has 1 aliphatic rings. The number of carbonyl (C=O) groups excluding carboxylic acids is 2.